The van der Waals surface area contributed by atoms with E-state index >= 15 is 0 Å². The zero-order valence-electron chi connectivity index (χ0n) is 15.7. The van der Waals surface area contributed by atoms with Gasteiger partial charge in [-0.3, -0.25) is 0 Å². The standard InChI is InChI=1S/C26H22O2/c1-18(19-7-9-21(10-8-19)20-5-3-2-4-6-20)25-17-23(13-16-26(25)28)22-11-14-24(27)15-12-22/h2-18,27-28H,1H3. The first-order chi connectivity index (χ1) is 13.6. The van der Waals surface area contributed by atoms with Gasteiger partial charge in [-0.1, -0.05) is 79.7 Å². The number of hydrogen-bond donors (Lipinski definition) is 2. The maximum atomic E-state index is 10.5. The number of aromatic hydroxyl groups is 2. The maximum Gasteiger partial charge on any atom is 0.119 e. The van der Waals surface area contributed by atoms with E-state index in [2.05, 4.69) is 43.3 Å². The first-order valence-corrected chi connectivity index (χ1v) is 9.39. The Bertz CT molecular complexity index is 1070. The van der Waals surface area contributed by atoms with Crippen molar-refractivity contribution in [1.29, 1.82) is 0 Å². The van der Waals surface area contributed by atoms with E-state index in [0.717, 1.165) is 22.3 Å². The van der Waals surface area contributed by atoms with Gasteiger partial charge in [0.15, 0.2) is 0 Å². The van der Waals surface area contributed by atoms with Crippen molar-refractivity contribution in [2.45, 2.75) is 12.8 Å². The van der Waals surface area contributed by atoms with Crippen molar-refractivity contribution in [2.24, 2.45) is 0 Å². The largest absolute Gasteiger partial charge is 0.508 e. The number of rotatable bonds is 4. The summed E-state index contributed by atoms with van der Waals surface area (Å²) in [5.41, 5.74) is 6.43. The highest BCUT2D eigenvalue weighted by atomic mass is 16.3. The summed E-state index contributed by atoms with van der Waals surface area (Å²) in [5.74, 6) is 0.596. The second kappa shape index (κ2) is 7.61. The molecule has 0 heterocycles. The van der Waals surface area contributed by atoms with E-state index in [0.29, 0.717) is 5.75 Å². The zero-order valence-corrected chi connectivity index (χ0v) is 15.7. The highest BCUT2D eigenvalue weighted by Crippen LogP contribution is 2.35. The molecule has 4 aromatic rings. The Labute approximate surface area is 165 Å². The highest BCUT2D eigenvalue weighted by Gasteiger charge is 2.14. The Balaban J connectivity index is 1.65. The molecule has 28 heavy (non-hydrogen) atoms. The second-order valence-electron chi connectivity index (χ2n) is 7.03. The summed E-state index contributed by atoms with van der Waals surface area (Å²) in [6, 6.07) is 31.6. The summed E-state index contributed by atoms with van der Waals surface area (Å²) in [4.78, 5) is 0. The predicted octanol–water partition coefficient (Wildman–Crippen LogP) is 6.58. The van der Waals surface area contributed by atoms with E-state index in [4.69, 9.17) is 0 Å². The summed E-state index contributed by atoms with van der Waals surface area (Å²) < 4.78 is 0. The lowest BCUT2D eigenvalue weighted by Gasteiger charge is -2.16. The lowest BCUT2D eigenvalue weighted by atomic mass is 9.89. The van der Waals surface area contributed by atoms with Gasteiger partial charge in [0.25, 0.3) is 0 Å². The summed E-state index contributed by atoms with van der Waals surface area (Å²) in [7, 11) is 0. The molecule has 1 atom stereocenters. The van der Waals surface area contributed by atoms with E-state index in [1.54, 1.807) is 18.2 Å². The molecule has 0 saturated heterocycles. The van der Waals surface area contributed by atoms with Crippen LogP contribution in [0.15, 0.2) is 97.1 Å². The van der Waals surface area contributed by atoms with Crippen LogP contribution < -0.4 is 0 Å². The van der Waals surface area contributed by atoms with Crippen LogP contribution in [0.1, 0.15) is 24.0 Å². The molecule has 0 aliphatic carbocycles. The highest BCUT2D eigenvalue weighted by molar-refractivity contribution is 5.67. The molecule has 0 aromatic heterocycles. The van der Waals surface area contributed by atoms with Gasteiger partial charge in [-0.15, -0.1) is 0 Å². The predicted molar refractivity (Wildman–Crippen MR) is 115 cm³/mol. The molecule has 0 spiro atoms. The van der Waals surface area contributed by atoms with Crippen molar-refractivity contribution in [2.75, 3.05) is 0 Å². The minimum atomic E-state index is 0.0573. The van der Waals surface area contributed by atoms with E-state index in [1.807, 2.05) is 42.5 Å². The zero-order chi connectivity index (χ0) is 19.5. The summed E-state index contributed by atoms with van der Waals surface area (Å²) in [5, 5.41) is 20.0. The van der Waals surface area contributed by atoms with Crippen LogP contribution in [-0.2, 0) is 0 Å². The third-order valence-electron chi connectivity index (χ3n) is 5.21. The van der Waals surface area contributed by atoms with Crippen molar-refractivity contribution in [3.63, 3.8) is 0 Å². The van der Waals surface area contributed by atoms with Crippen molar-refractivity contribution < 1.29 is 10.2 Å². The molecule has 2 nitrogen and oxygen atoms in total. The van der Waals surface area contributed by atoms with Crippen molar-refractivity contribution >= 4 is 0 Å². The fourth-order valence-electron chi connectivity index (χ4n) is 3.51. The van der Waals surface area contributed by atoms with Crippen LogP contribution in [0.2, 0.25) is 0 Å². The molecule has 4 aromatic carbocycles. The Morgan fingerprint density at radius 2 is 1.11 bits per heavy atom. The fraction of sp³-hybridized carbons (Fsp3) is 0.0769. The Morgan fingerprint density at radius 1 is 0.571 bits per heavy atom. The topological polar surface area (TPSA) is 40.5 Å². The molecule has 2 heteroatoms. The molecule has 0 amide bonds. The monoisotopic (exact) mass is 366 g/mol. The maximum absolute atomic E-state index is 10.5. The van der Waals surface area contributed by atoms with E-state index in [9.17, 15) is 10.2 Å². The number of hydrogen-bond acceptors (Lipinski definition) is 2. The minimum absolute atomic E-state index is 0.0573. The number of benzene rings is 4. The average Bonchev–Trinajstić information content (AvgIpc) is 2.75. The summed E-state index contributed by atoms with van der Waals surface area (Å²) in [6.45, 7) is 2.10. The molecule has 0 aliphatic heterocycles. The molecule has 0 fully saturated rings. The van der Waals surface area contributed by atoms with Gasteiger partial charge in [0.2, 0.25) is 0 Å². The van der Waals surface area contributed by atoms with Crippen LogP contribution in [0.5, 0.6) is 11.5 Å². The summed E-state index contributed by atoms with van der Waals surface area (Å²) in [6.07, 6.45) is 0. The molecule has 4 rings (SSSR count). The van der Waals surface area contributed by atoms with Gasteiger partial charge in [0, 0.05) is 11.5 Å². The van der Waals surface area contributed by atoms with Gasteiger partial charge in [-0.05, 0) is 52.1 Å². The van der Waals surface area contributed by atoms with Crippen LogP contribution in [0.4, 0.5) is 0 Å². The van der Waals surface area contributed by atoms with Crippen LogP contribution in [0, 0.1) is 0 Å². The lowest BCUT2D eigenvalue weighted by molar-refractivity contribution is 0.466. The van der Waals surface area contributed by atoms with E-state index in [1.165, 1.54) is 11.1 Å². The normalized spacial score (nSPS) is 11.9. The quantitative estimate of drug-likeness (QED) is 0.428. The molecule has 2 N–H and O–H groups in total. The lowest BCUT2D eigenvalue weighted by Crippen LogP contribution is -1.97. The van der Waals surface area contributed by atoms with Crippen molar-refractivity contribution in [1.82, 2.24) is 0 Å². The third kappa shape index (κ3) is 3.63. The Morgan fingerprint density at radius 3 is 1.79 bits per heavy atom. The van der Waals surface area contributed by atoms with Crippen molar-refractivity contribution in [3.05, 3.63) is 108 Å². The molecule has 0 saturated carbocycles. The van der Waals surface area contributed by atoms with Crippen LogP contribution in [-0.4, -0.2) is 10.2 Å². The van der Waals surface area contributed by atoms with Crippen LogP contribution in [0.3, 0.4) is 0 Å². The smallest absolute Gasteiger partial charge is 0.119 e. The molecular formula is C26H22O2. The Kier molecular flexibility index (Phi) is 4.86. The van der Waals surface area contributed by atoms with E-state index in [-0.39, 0.29) is 11.7 Å². The number of phenols is 2. The van der Waals surface area contributed by atoms with E-state index < -0.39 is 0 Å². The van der Waals surface area contributed by atoms with Gasteiger partial charge in [0.05, 0.1) is 0 Å². The second-order valence-corrected chi connectivity index (χ2v) is 7.03. The SMILES string of the molecule is CC(c1ccc(-c2ccccc2)cc1)c1cc(-c2ccc(O)cc2)ccc1O. The fourth-order valence-corrected chi connectivity index (χ4v) is 3.51. The summed E-state index contributed by atoms with van der Waals surface area (Å²) >= 11 is 0. The molecule has 138 valence electrons. The van der Waals surface area contributed by atoms with Crippen LogP contribution >= 0.6 is 0 Å². The average molecular weight is 366 g/mol. The molecule has 1 unspecified atom stereocenters. The van der Waals surface area contributed by atoms with Gasteiger partial charge in [-0.25, -0.2) is 0 Å². The van der Waals surface area contributed by atoms with Gasteiger partial charge < -0.3 is 10.2 Å². The first kappa shape index (κ1) is 17.9. The van der Waals surface area contributed by atoms with Crippen molar-refractivity contribution in [3.8, 4) is 33.8 Å². The first-order valence-electron chi connectivity index (χ1n) is 9.39. The Hall–Kier alpha value is -3.52. The van der Waals surface area contributed by atoms with Crippen LogP contribution in [0.25, 0.3) is 22.3 Å². The molecule has 0 radical (unpaired) electrons. The minimum Gasteiger partial charge on any atom is -0.508 e. The molecular weight excluding hydrogens is 344 g/mol. The van der Waals surface area contributed by atoms with Gasteiger partial charge in [-0.2, -0.15) is 0 Å². The van der Waals surface area contributed by atoms with Gasteiger partial charge in [0.1, 0.15) is 11.5 Å². The molecule has 0 bridgehead atoms. The van der Waals surface area contributed by atoms with Gasteiger partial charge >= 0.3 is 0 Å². The number of phenolic OH excluding ortho intramolecular Hbond substituents is 2. The molecule has 0 aliphatic rings. The third-order valence-corrected chi connectivity index (χ3v) is 5.21.